The van der Waals surface area contributed by atoms with Crippen molar-refractivity contribution in [2.24, 2.45) is 0 Å². The van der Waals surface area contributed by atoms with Crippen molar-refractivity contribution < 1.29 is 0 Å². The maximum Gasteiger partial charge on any atom is 0.0726 e. The van der Waals surface area contributed by atoms with E-state index in [9.17, 15) is 0 Å². The van der Waals surface area contributed by atoms with Gasteiger partial charge in [0.05, 0.1) is 5.41 Å². The van der Waals surface area contributed by atoms with E-state index in [1.54, 1.807) is 0 Å². The highest BCUT2D eigenvalue weighted by Crippen LogP contribution is 2.63. The lowest BCUT2D eigenvalue weighted by Crippen LogP contribution is -2.26. The highest BCUT2D eigenvalue weighted by molar-refractivity contribution is 5.97. The first kappa shape index (κ1) is 36.8. The van der Waals surface area contributed by atoms with E-state index >= 15 is 0 Å². The summed E-state index contributed by atoms with van der Waals surface area (Å²) in [6, 6.07) is 92.0. The minimum absolute atomic E-state index is 0.466. The molecule has 2 aliphatic carbocycles. The number of rotatable bonds is 8. The Balaban J connectivity index is 1.15. The van der Waals surface area contributed by atoms with Crippen molar-refractivity contribution >= 4 is 17.1 Å². The van der Waals surface area contributed by atoms with E-state index in [0.29, 0.717) is 0 Å². The Labute approximate surface area is 369 Å². The molecule has 1 nitrogen and oxygen atoms in total. The van der Waals surface area contributed by atoms with Gasteiger partial charge in [0.1, 0.15) is 0 Å². The van der Waals surface area contributed by atoms with E-state index in [0.717, 1.165) is 23.5 Å². The minimum Gasteiger partial charge on any atom is -0.310 e. The van der Waals surface area contributed by atoms with Gasteiger partial charge < -0.3 is 4.90 Å². The summed E-state index contributed by atoms with van der Waals surface area (Å²) in [5.74, 6) is 0. The molecule has 0 radical (unpaired) electrons. The fourth-order valence-corrected chi connectivity index (χ4v) is 10.5. The average molecular weight is 802 g/mol. The van der Waals surface area contributed by atoms with Crippen molar-refractivity contribution in [3.63, 3.8) is 0 Å². The van der Waals surface area contributed by atoms with Crippen LogP contribution in [0.25, 0.3) is 55.6 Å². The van der Waals surface area contributed by atoms with Crippen LogP contribution in [0.4, 0.5) is 17.1 Å². The van der Waals surface area contributed by atoms with Gasteiger partial charge in [-0.2, -0.15) is 0 Å². The zero-order valence-electron chi connectivity index (χ0n) is 34.8. The predicted molar refractivity (Wildman–Crippen MR) is 263 cm³/mol. The van der Waals surface area contributed by atoms with Crippen molar-refractivity contribution in [1.82, 2.24) is 0 Å². The van der Waals surface area contributed by atoms with E-state index in [-0.39, 0.29) is 0 Å². The van der Waals surface area contributed by atoms with Gasteiger partial charge in [0.25, 0.3) is 0 Å². The van der Waals surface area contributed by atoms with Gasteiger partial charge in [-0.3, -0.25) is 0 Å². The van der Waals surface area contributed by atoms with Crippen LogP contribution in [0, 0.1) is 0 Å². The molecule has 0 saturated heterocycles. The summed E-state index contributed by atoms with van der Waals surface area (Å²) in [5, 5.41) is 0. The fraction of sp³-hybridized carbons (Fsp3) is 0.0323. The molecule has 0 unspecified atom stereocenters. The summed E-state index contributed by atoms with van der Waals surface area (Å²) < 4.78 is 0. The second-order valence-electron chi connectivity index (χ2n) is 16.9. The molecule has 0 aliphatic heterocycles. The van der Waals surface area contributed by atoms with Gasteiger partial charge in [-0.15, -0.1) is 0 Å². The van der Waals surface area contributed by atoms with E-state index in [4.69, 9.17) is 0 Å². The largest absolute Gasteiger partial charge is 0.310 e. The summed E-state index contributed by atoms with van der Waals surface area (Å²) in [6.45, 7) is 0. The molecule has 63 heavy (non-hydrogen) atoms. The quantitative estimate of drug-likeness (QED) is 0.148. The maximum atomic E-state index is 2.52. The molecule has 296 valence electrons. The number of hydrogen-bond acceptors (Lipinski definition) is 1. The topological polar surface area (TPSA) is 3.24 Å². The summed E-state index contributed by atoms with van der Waals surface area (Å²) in [4.78, 5) is 2.52. The molecule has 12 rings (SSSR count). The Bertz CT molecular complexity index is 3170. The third-order valence-electron chi connectivity index (χ3n) is 13.2. The second kappa shape index (κ2) is 15.2. The third-order valence-corrected chi connectivity index (χ3v) is 13.2. The van der Waals surface area contributed by atoms with E-state index in [1.165, 1.54) is 89.0 Å². The molecule has 0 saturated carbocycles. The number of nitrogens with zero attached hydrogens (tertiary/aromatic N) is 1. The van der Waals surface area contributed by atoms with Gasteiger partial charge in [0, 0.05) is 17.1 Å². The molecule has 0 amide bonds. The smallest absolute Gasteiger partial charge is 0.0726 e. The van der Waals surface area contributed by atoms with Gasteiger partial charge in [0.15, 0.2) is 0 Å². The Hall–Kier alpha value is -8.00. The predicted octanol–water partition coefficient (Wildman–Crippen LogP) is 16.1. The van der Waals surface area contributed by atoms with Gasteiger partial charge in [-0.1, -0.05) is 206 Å². The van der Waals surface area contributed by atoms with Crippen LogP contribution in [0.1, 0.15) is 33.4 Å². The summed E-state index contributed by atoms with van der Waals surface area (Å²) in [6.07, 6.45) is 0.817. The molecule has 0 aromatic heterocycles. The molecule has 10 aromatic rings. The number of fused-ring (bicyclic) bond motifs is 10. The third kappa shape index (κ3) is 6.16. The average Bonchev–Trinajstić information content (AvgIpc) is 3.82. The standard InChI is InChI=1S/C62H43N/c1-5-19-43(20-6-1)35-44-36-48(45-21-7-2-8-22-45)39-52(37-44)63(53-40-49(46-23-9-3-10-24-46)38-50(41-53)47-25-11-4-12-26-47)51-33-34-57-56-29-15-18-32-60(56)62(61(57)42-51)58-30-16-13-27-54(58)55-28-14-17-31-59(55)62/h1-34,36-42H,35H2. The summed E-state index contributed by atoms with van der Waals surface area (Å²) in [7, 11) is 0. The van der Waals surface area contributed by atoms with Crippen molar-refractivity contribution in [1.29, 1.82) is 0 Å². The molecule has 1 spiro atoms. The highest BCUT2D eigenvalue weighted by atomic mass is 15.1. The number of hydrogen-bond donors (Lipinski definition) is 0. The van der Waals surface area contributed by atoms with Gasteiger partial charge in [-0.25, -0.2) is 0 Å². The maximum absolute atomic E-state index is 2.52. The summed E-state index contributed by atoms with van der Waals surface area (Å²) >= 11 is 0. The molecule has 1 heteroatoms. The van der Waals surface area contributed by atoms with Crippen LogP contribution in [-0.4, -0.2) is 0 Å². The number of anilines is 3. The highest BCUT2D eigenvalue weighted by Gasteiger charge is 2.51. The van der Waals surface area contributed by atoms with Crippen LogP contribution in [0.15, 0.2) is 249 Å². The van der Waals surface area contributed by atoms with E-state index in [1.807, 2.05) is 0 Å². The first-order valence-corrected chi connectivity index (χ1v) is 22.0. The van der Waals surface area contributed by atoms with Crippen LogP contribution in [0.3, 0.4) is 0 Å². The molecule has 0 N–H and O–H groups in total. The first-order chi connectivity index (χ1) is 31.2. The van der Waals surface area contributed by atoms with Crippen molar-refractivity contribution in [2.75, 3.05) is 4.90 Å². The van der Waals surface area contributed by atoms with Gasteiger partial charge >= 0.3 is 0 Å². The lowest BCUT2D eigenvalue weighted by Gasteiger charge is -2.32. The molecular formula is C62H43N. The zero-order chi connectivity index (χ0) is 41.7. The van der Waals surface area contributed by atoms with Gasteiger partial charge in [0.2, 0.25) is 0 Å². The number of benzene rings is 10. The molecular weight excluding hydrogens is 759 g/mol. The Kier molecular flexibility index (Phi) is 8.86. The van der Waals surface area contributed by atoms with Crippen LogP contribution >= 0.6 is 0 Å². The first-order valence-electron chi connectivity index (χ1n) is 22.0. The van der Waals surface area contributed by atoms with Gasteiger partial charge in [-0.05, 0) is 138 Å². The lowest BCUT2D eigenvalue weighted by atomic mass is 9.70. The van der Waals surface area contributed by atoms with Crippen LogP contribution in [0.5, 0.6) is 0 Å². The fourth-order valence-electron chi connectivity index (χ4n) is 10.5. The van der Waals surface area contributed by atoms with Crippen LogP contribution in [-0.2, 0) is 11.8 Å². The Morgan fingerprint density at radius 1 is 0.254 bits per heavy atom. The molecule has 0 atom stereocenters. The molecule has 2 aliphatic rings. The van der Waals surface area contributed by atoms with Crippen LogP contribution in [0.2, 0.25) is 0 Å². The zero-order valence-corrected chi connectivity index (χ0v) is 34.8. The summed E-state index contributed by atoms with van der Waals surface area (Å²) in [5.41, 5.74) is 23.0. The van der Waals surface area contributed by atoms with Crippen molar-refractivity contribution in [3.8, 4) is 55.6 Å². The van der Waals surface area contributed by atoms with E-state index in [2.05, 4.69) is 254 Å². The molecule has 0 heterocycles. The second-order valence-corrected chi connectivity index (χ2v) is 16.9. The van der Waals surface area contributed by atoms with Crippen molar-refractivity contribution in [2.45, 2.75) is 11.8 Å². The normalized spacial score (nSPS) is 12.6. The SMILES string of the molecule is c1ccc(Cc2cc(-c3ccccc3)cc(N(c3cc(-c4ccccc4)cc(-c4ccccc4)c3)c3ccc4c(c3)C3(c5ccccc5-c5ccccc53)c3ccccc3-4)c2)cc1. The molecule has 0 bridgehead atoms. The van der Waals surface area contributed by atoms with Crippen LogP contribution < -0.4 is 4.90 Å². The van der Waals surface area contributed by atoms with Crippen molar-refractivity contribution in [3.05, 3.63) is 282 Å². The minimum atomic E-state index is -0.466. The molecule has 10 aromatic carbocycles. The Morgan fingerprint density at radius 3 is 1.14 bits per heavy atom. The monoisotopic (exact) mass is 801 g/mol. The van der Waals surface area contributed by atoms with E-state index < -0.39 is 5.41 Å². The molecule has 0 fully saturated rings. The lowest BCUT2D eigenvalue weighted by molar-refractivity contribution is 0.793. The Morgan fingerprint density at radius 2 is 0.651 bits per heavy atom.